The molecule has 0 bridgehead atoms. The molecule has 0 unspecified atom stereocenters. The van der Waals surface area contributed by atoms with E-state index in [1.54, 1.807) is 6.07 Å². The Bertz CT molecular complexity index is 871. The lowest BCUT2D eigenvalue weighted by Crippen LogP contribution is -2.19. The third-order valence-electron chi connectivity index (χ3n) is 3.67. The third kappa shape index (κ3) is 3.04. The van der Waals surface area contributed by atoms with Gasteiger partial charge < -0.3 is 9.40 Å². The molecule has 0 aliphatic rings. The first-order valence-electron chi connectivity index (χ1n) is 7.56. The minimum atomic E-state index is -0.260. The van der Waals surface area contributed by atoms with Gasteiger partial charge in [0.2, 0.25) is 0 Å². The first-order chi connectivity index (χ1) is 11.1. The number of nitrogens with one attached hydrogen (secondary N) is 2. The molecular formula is C18H19N3O2. The van der Waals surface area contributed by atoms with Gasteiger partial charge in [-0.05, 0) is 36.6 Å². The topological polar surface area (TPSA) is 70.4 Å². The lowest BCUT2D eigenvalue weighted by atomic mass is 9.99. The highest BCUT2D eigenvalue weighted by Crippen LogP contribution is 2.28. The Labute approximate surface area is 134 Å². The molecular weight excluding hydrogens is 290 g/mol. The molecule has 2 aromatic heterocycles. The predicted molar refractivity (Wildman–Crippen MR) is 90.9 cm³/mol. The van der Waals surface area contributed by atoms with E-state index < -0.39 is 0 Å². The minimum absolute atomic E-state index is 0.226. The second-order valence-corrected chi connectivity index (χ2v) is 5.76. The molecule has 0 saturated carbocycles. The van der Waals surface area contributed by atoms with Crippen molar-refractivity contribution in [1.82, 2.24) is 10.4 Å². The number of rotatable bonds is 4. The molecule has 5 nitrogen and oxygen atoms in total. The molecule has 0 fully saturated rings. The van der Waals surface area contributed by atoms with Gasteiger partial charge in [-0.2, -0.15) is 5.10 Å². The summed E-state index contributed by atoms with van der Waals surface area (Å²) < 4.78 is 5.37. The highest BCUT2D eigenvalue weighted by molar-refractivity contribution is 6.01. The summed E-state index contributed by atoms with van der Waals surface area (Å²) >= 11 is 0. The second-order valence-electron chi connectivity index (χ2n) is 5.76. The summed E-state index contributed by atoms with van der Waals surface area (Å²) in [5.41, 5.74) is 5.06. The minimum Gasteiger partial charge on any atom is -0.460 e. The summed E-state index contributed by atoms with van der Waals surface area (Å²) in [5, 5.41) is 5.03. The Morgan fingerprint density at radius 3 is 2.74 bits per heavy atom. The van der Waals surface area contributed by atoms with Gasteiger partial charge in [-0.25, -0.2) is 5.43 Å². The SMILES string of the molecule is Cc1ccc(/C=N\NC(=O)c2[nH]c3ccccc3c2C(C)C)o1. The maximum atomic E-state index is 12.4. The fourth-order valence-corrected chi connectivity index (χ4v) is 2.68. The Morgan fingerprint density at radius 2 is 2.04 bits per heavy atom. The number of aryl methyl sites for hydroxylation is 1. The zero-order valence-corrected chi connectivity index (χ0v) is 13.4. The Balaban J connectivity index is 1.86. The molecule has 0 aliphatic carbocycles. The Morgan fingerprint density at radius 1 is 1.26 bits per heavy atom. The number of benzene rings is 1. The standard InChI is InChI=1S/C18H19N3O2/c1-11(2)16-14-6-4-5-7-15(14)20-17(16)18(22)21-19-10-13-9-8-12(3)23-13/h4-11,20H,1-3H3,(H,21,22)/b19-10-. The fourth-order valence-electron chi connectivity index (χ4n) is 2.68. The van der Waals surface area contributed by atoms with Crippen molar-refractivity contribution in [2.24, 2.45) is 5.10 Å². The number of furan rings is 1. The number of hydrogen-bond donors (Lipinski definition) is 2. The number of amides is 1. The summed E-state index contributed by atoms with van der Waals surface area (Å²) in [4.78, 5) is 15.6. The predicted octanol–water partition coefficient (Wildman–Crippen LogP) is 3.96. The number of carbonyl (C=O) groups excluding carboxylic acids is 1. The van der Waals surface area contributed by atoms with Gasteiger partial charge >= 0.3 is 0 Å². The quantitative estimate of drug-likeness (QED) is 0.566. The van der Waals surface area contributed by atoms with E-state index in [1.807, 2.05) is 37.3 Å². The van der Waals surface area contributed by atoms with E-state index in [4.69, 9.17) is 4.42 Å². The molecule has 0 spiro atoms. The first kappa shape index (κ1) is 15.1. The van der Waals surface area contributed by atoms with E-state index in [0.29, 0.717) is 11.5 Å². The number of H-pyrrole nitrogens is 1. The van der Waals surface area contributed by atoms with Crippen molar-refractivity contribution < 1.29 is 9.21 Å². The molecule has 23 heavy (non-hydrogen) atoms. The van der Waals surface area contributed by atoms with Crippen molar-refractivity contribution in [3.05, 3.63) is 59.2 Å². The molecule has 0 radical (unpaired) electrons. The van der Waals surface area contributed by atoms with E-state index in [-0.39, 0.29) is 11.8 Å². The number of hydrogen-bond acceptors (Lipinski definition) is 3. The molecule has 2 N–H and O–H groups in total. The monoisotopic (exact) mass is 309 g/mol. The summed E-state index contributed by atoms with van der Waals surface area (Å²) in [6, 6.07) is 11.5. The van der Waals surface area contributed by atoms with E-state index in [2.05, 4.69) is 29.4 Å². The van der Waals surface area contributed by atoms with Crippen LogP contribution in [0.1, 0.15) is 47.3 Å². The number of fused-ring (bicyclic) bond motifs is 1. The molecule has 1 aromatic carbocycles. The Kier molecular flexibility index (Phi) is 4.02. The Hall–Kier alpha value is -2.82. The normalized spacial score (nSPS) is 11.7. The van der Waals surface area contributed by atoms with Crippen LogP contribution in [-0.4, -0.2) is 17.1 Å². The van der Waals surface area contributed by atoms with Crippen molar-refractivity contribution in [1.29, 1.82) is 0 Å². The highest BCUT2D eigenvalue weighted by Gasteiger charge is 2.19. The summed E-state index contributed by atoms with van der Waals surface area (Å²) in [7, 11) is 0. The number of aromatic nitrogens is 1. The van der Waals surface area contributed by atoms with Crippen molar-refractivity contribution >= 4 is 23.0 Å². The van der Waals surface area contributed by atoms with Crippen LogP contribution in [0.25, 0.3) is 10.9 Å². The molecule has 5 heteroatoms. The van der Waals surface area contributed by atoms with Gasteiger partial charge in [-0.15, -0.1) is 0 Å². The fraction of sp³-hybridized carbons (Fsp3) is 0.222. The van der Waals surface area contributed by atoms with Gasteiger partial charge in [0.1, 0.15) is 17.2 Å². The molecule has 2 heterocycles. The highest BCUT2D eigenvalue weighted by atomic mass is 16.3. The van der Waals surface area contributed by atoms with Gasteiger partial charge in [-0.1, -0.05) is 32.0 Å². The molecule has 0 atom stereocenters. The van der Waals surface area contributed by atoms with Gasteiger partial charge in [-0.3, -0.25) is 4.79 Å². The van der Waals surface area contributed by atoms with Crippen molar-refractivity contribution in [2.75, 3.05) is 0 Å². The largest absolute Gasteiger partial charge is 0.460 e. The molecule has 1 amide bonds. The number of nitrogens with zero attached hydrogens (tertiary/aromatic N) is 1. The summed E-state index contributed by atoms with van der Waals surface area (Å²) in [6.45, 7) is 6.00. The smallest absolute Gasteiger partial charge is 0.288 e. The van der Waals surface area contributed by atoms with Gasteiger partial charge in [0.15, 0.2) is 0 Å². The van der Waals surface area contributed by atoms with Crippen LogP contribution >= 0.6 is 0 Å². The number of aromatic amines is 1. The summed E-state index contributed by atoms with van der Waals surface area (Å²) in [6.07, 6.45) is 1.49. The number of carbonyl (C=O) groups is 1. The zero-order valence-electron chi connectivity index (χ0n) is 13.4. The summed E-state index contributed by atoms with van der Waals surface area (Å²) in [5.74, 6) is 1.37. The van der Waals surface area contributed by atoms with Crippen LogP contribution in [0.2, 0.25) is 0 Å². The van der Waals surface area contributed by atoms with E-state index in [1.165, 1.54) is 6.21 Å². The van der Waals surface area contributed by atoms with Crippen molar-refractivity contribution in [2.45, 2.75) is 26.7 Å². The first-order valence-corrected chi connectivity index (χ1v) is 7.56. The van der Waals surface area contributed by atoms with E-state index >= 15 is 0 Å². The molecule has 0 aliphatic heterocycles. The lowest BCUT2D eigenvalue weighted by molar-refractivity contribution is 0.0949. The van der Waals surface area contributed by atoms with Crippen molar-refractivity contribution in [3.8, 4) is 0 Å². The van der Waals surface area contributed by atoms with Crippen LogP contribution in [0.15, 0.2) is 45.9 Å². The molecule has 3 aromatic rings. The average Bonchev–Trinajstić information content (AvgIpc) is 3.10. The van der Waals surface area contributed by atoms with E-state index in [0.717, 1.165) is 22.2 Å². The molecule has 118 valence electrons. The van der Waals surface area contributed by atoms with Crippen LogP contribution < -0.4 is 5.43 Å². The van der Waals surface area contributed by atoms with Gasteiger partial charge in [0.25, 0.3) is 5.91 Å². The second kappa shape index (κ2) is 6.12. The zero-order chi connectivity index (χ0) is 16.4. The number of para-hydroxylation sites is 1. The van der Waals surface area contributed by atoms with Crippen LogP contribution in [0.4, 0.5) is 0 Å². The van der Waals surface area contributed by atoms with Gasteiger partial charge in [0.05, 0.1) is 6.21 Å². The third-order valence-corrected chi connectivity index (χ3v) is 3.67. The van der Waals surface area contributed by atoms with Crippen molar-refractivity contribution in [3.63, 3.8) is 0 Å². The number of hydrazone groups is 1. The van der Waals surface area contributed by atoms with E-state index in [9.17, 15) is 4.79 Å². The molecule has 0 saturated heterocycles. The van der Waals surface area contributed by atoms with Crippen LogP contribution in [0.3, 0.4) is 0 Å². The van der Waals surface area contributed by atoms with Crippen LogP contribution in [0.5, 0.6) is 0 Å². The maximum Gasteiger partial charge on any atom is 0.288 e. The maximum absolute atomic E-state index is 12.4. The van der Waals surface area contributed by atoms with Gasteiger partial charge in [0, 0.05) is 10.9 Å². The lowest BCUT2D eigenvalue weighted by Gasteiger charge is -2.06. The van der Waals surface area contributed by atoms with Crippen LogP contribution in [0, 0.1) is 6.92 Å². The van der Waals surface area contributed by atoms with Crippen LogP contribution in [-0.2, 0) is 0 Å². The average molecular weight is 309 g/mol. The molecule has 3 rings (SSSR count).